The van der Waals surface area contributed by atoms with Gasteiger partial charge in [-0.2, -0.15) is 5.10 Å². The fourth-order valence-corrected chi connectivity index (χ4v) is 3.54. The third-order valence-corrected chi connectivity index (χ3v) is 4.99. The average molecular weight is 443 g/mol. The Morgan fingerprint density at radius 3 is 2.62 bits per heavy atom. The number of aromatic nitrogens is 4. The molecule has 0 aliphatic rings. The first-order chi connectivity index (χ1) is 15.4. The number of ether oxygens (including phenoxy) is 2. The fraction of sp³-hybridized carbons (Fsp3) is 0.455. The minimum Gasteiger partial charge on any atom is -0.379 e. The van der Waals surface area contributed by atoms with E-state index in [1.807, 2.05) is 32.3 Å². The lowest BCUT2D eigenvalue weighted by atomic mass is 10.2. The highest BCUT2D eigenvalue weighted by atomic mass is 16.5. The summed E-state index contributed by atoms with van der Waals surface area (Å²) in [5.74, 6) is -0.524. The Balaban J connectivity index is 2.01. The van der Waals surface area contributed by atoms with E-state index < -0.39 is 5.91 Å². The zero-order chi connectivity index (χ0) is 23.3. The number of hydrogen-bond acceptors (Lipinski definition) is 6. The number of carbonyl (C=O) groups is 2. The molecule has 0 aliphatic carbocycles. The smallest absolute Gasteiger partial charge is 0.276 e. The molecule has 0 fully saturated rings. The summed E-state index contributed by atoms with van der Waals surface area (Å²) >= 11 is 0. The van der Waals surface area contributed by atoms with Gasteiger partial charge in [0.25, 0.3) is 5.91 Å². The summed E-state index contributed by atoms with van der Waals surface area (Å²) in [6.45, 7) is 10.1. The molecule has 1 unspecified atom stereocenters. The van der Waals surface area contributed by atoms with Crippen LogP contribution in [-0.2, 0) is 22.6 Å². The molecular weight excluding hydrogens is 412 g/mol. The second-order valence-corrected chi connectivity index (χ2v) is 7.29. The number of fused-ring (bicyclic) bond motifs is 1. The Morgan fingerprint density at radius 1 is 1.19 bits per heavy atom. The number of amides is 2. The van der Waals surface area contributed by atoms with Gasteiger partial charge in [-0.3, -0.25) is 19.6 Å². The van der Waals surface area contributed by atoms with Crippen LogP contribution in [0.1, 0.15) is 47.3 Å². The van der Waals surface area contributed by atoms with E-state index >= 15 is 0 Å². The number of hydrogen-bond donors (Lipinski definition) is 2. The molecule has 0 radical (unpaired) electrons. The van der Waals surface area contributed by atoms with Crippen molar-refractivity contribution in [1.82, 2.24) is 19.3 Å². The largest absolute Gasteiger partial charge is 0.379 e. The molecule has 0 saturated carbocycles. The average Bonchev–Trinajstić information content (AvgIpc) is 3.31. The zero-order valence-electron chi connectivity index (χ0n) is 18.9. The van der Waals surface area contributed by atoms with Crippen LogP contribution in [0.15, 0.2) is 24.3 Å². The van der Waals surface area contributed by atoms with Crippen molar-refractivity contribution in [2.45, 2.75) is 46.9 Å². The highest BCUT2D eigenvalue weighted by Gasteiger charge is 2.21. The van der Waals surface area contributed by atoms with E-state index in [2.05, 4.69) is 15.4 Å². The van der Waals surface area contributed by atoms with Gasteiger partial charge >= 0.3 is 0 Å². The molecule has 3 aromatic rings. The first kappa shape index (κ1) is 23.4. The van der Waals surface area contributed by atoms with Crippen LogP contribution in [0.3, 0.4) is 0 Å². The summed E-state index contributed by atoms with van der Waals surface area (Å²) in [4.78, 5) is 29.2. The number of anilines is 1. The molecule has 10 nitrogen and oxygen atoms in total. The Kier molecular flexibility index (Phi) is 7.60. The molecule has 0 bridgehead atoms. The van der Waals surface area contributed by atoms with Crippen molar-refractivity contribution in [3.8, 4) is 0 Å². The molecular formula is C22H30N6O4. The van der Waals surface area contributed by atoms with Gasteiger partial charge in [0, 0.05) is 25.3 Å². The maximum absolute atomic E-state index is 13.0. The lowest BCUT2D eigenvalue weighted by Gasteiger charge is -2.19. The Bertz CT molecular complexity index is 1100. The fourth-order valence-electron chi connectivity index (χ4n) is 3.54. The molecule has 0 spiro atoms. The molecule has 1 atom stereocenters. The van der Waals surface area contributed by atoms with Gasteiger partial charge in [0.1, 0.15) is 5.69 Å². The summed E-state index contributed by atoms with van der Waals surface area (Å²) in [5.41, 5.74) is 8.25. The molecule has 3 rings (SSSR count). The number of primary amides is 1. The number of nitrogens with one attached hydrogen (secondary N) is 1. The Morgan fingerprint density at radius 2 is 1.97 bits per heavy atom. The SMILES string of the molecule is CCOCC(Cn1c(NC(=O)c2cc(C)nn2CC)nc2cc(C(N)=O)ccc21)OCC. The first-order valence-corrected chi connectivity index (χ1v) is 10.7. The van der Waals surface area contributed by atoms with Crippen molar-refractivity contribution in [3.05, 3.63) is 41.2 Å². The Labute approximate surface area is 186 Å². The highest BCUT2D eigenvalue weighted by Crippen LogP contribution is 2.23. The third-order valence-electron chi connectivity index (χ3n) is 4.99. The second-order valence-electron chi connectivity index (χ2n) is 7.29. The van der Waals surface area contributed by atoms with Gasteiger partial charge in [0.2, 0.25) is 11.9 Å². The zero-order valence-corrected chi connectivity index (χ0v) is 18.9. The van der Waals surface area contributed by atoms with Crippen LogP contribution in [-0.4, -0.2) is 57.1 Å². The number of rotatable bonds is 11. The standard InChI is InChI=1S/C22H30N6O4/c1-5-28-19(10-14(4)26-28)21(30)25-22-24-17-11-15(20(23)29)8-9-18(17)27(22)12-16(32-7-3)13-31-6-2/h8-11,16H,5-7,12-13H2,1-4H3,(H2,23,29)(H,24,25,30). The summed E-state index contributed by atoms with van der Waals surface area (Å²) in [6.07, 6.45) is -0.243. The number of aryl methyl sites for hydroxylation is 2. The van der Waals surface area contributed by atoms with Crippen LogP contribution in [0, 0.1) is 6.92 Å². The van der Waals surface area contributed by atoms with Gasteiger partial charge in [-0.15, -0.1) is 0 Å². The molecule has 0 aliphatic heterocycles. The lowest BCUT2D eigenvalue weighted by Crippen LogP contribution is -2.27. The quantitative estimate of drug-likeness (QED) is 0.469. The van der Waals surface area contributed by atoms with Crippen molar-refractivity contribution in [2.24, 2.45) is 5.73 Å². The van der Waals surface area contributed by atoms with Gasteiger partial charge in [-0.05, 0) is 52.0 Å². The number of benzene rings is 1. The summed E-state index contributed by atoms with van der Waals surface area (Å²) in [6, 6.07) is 6.75. The molecule has 2 amide bonds. The van der Waals surface area contributed by atoms with Crippen molar-refractivity contribution in [2.75, 3.05) is 25.1 Å². The molecule has 32 heavy (non-hydrogen) atoms. The van der Waals surface area contributed by atoms with E-state index in [0.29, 0.717) is 55.6 Å². The van der Waals surface area contributed by atoms with Crippen LogP contribution in [0.4, 0.5) is 5.95 Å². The van der Waals surface area contributed by atoms with Gasteiger partial charge in [-0.25, -0.2) is 4.98 Å². The van der Waals surface area contributed by atoms with E-state index in [1.165, 1.54) is 0 Å². The number of imidazole rings is 1. The lowest BCUT2D eigenvalue weighted by molar-refractivity contribution is -0.0159. The van der Waals surface area contributed by atoms with Crippen molar-refractivity contribution in [1.29, 1.82) is 0 Å². The van der Waals surface area contributed by atoms with Crippen LogP contribution in [0.2, 0.25) is 0 Å². The maximum atomic E-state index is 13.0. The first-order valence-electron chi connectivity index (χ1n) is 10.7. The molecule has 1 aromatic carbocycles. The predicted octanol–water partition coefficient (Wildman–Crippen LogP) is 2.35. The molecule has 3 N–H and O–H groups in total. The molecule has 10 heteroatoms. The van der Waals surface area contributed by atoms with E-state index in [4.69, 9.17) is 15.2 Å². The van der Waals surface area contributed by atoms with E-state index in [9.17, 15) is 9.59 Å². The topological polar surface area (TPSA) is 126 Å². The van der Waals surface area contributed by atoms with E-state index in [0.717, 1.165) is 11.2 Å². The molecule has 2 aromatic heterocycles. The maximum Gasteiger partial charge on any atom is 0.276 e. The monoisotopic (exact) mass is 442 g/mol. The van der Waals surface area contributed by atoms with Crippen molar-refractivity contribution >= 4 is 28.8 Å². The van der Waals surface area contributed by atoms with Gasteiger partial charge < -0.3 is 19.8 Å². The highest BCUT2D eigenvalue weighted by molar-refractivity contribution is 6.03. The van der Waals surface area contributed by atoms with Gasteiger partial charge in [0.15, 0.2) is 0 Å². The van der Waals surface area contributed by atoms with Crippen LogP contribution in [0.5, 0.6) is 0 Å². The number of nitrogens with two attached hydrogens (primary N) is 1. The summed E-state index contributed by atoms with van der Waals surface area (Å²) in [5, 5.41) is 7.23. The van der Waals surface area contributed by atoms with Crippen LogP contribution < -0.4 is 11.1 Å². The van der Waals surface area contributed by atoms with Crippen LogP contribution >= 0.6 is 0 Å². The van der Waals surface area contributed by atoms with E-state index in [1.54, 1.807) is 28.9 Å². The summed E-state index contributed by atoms with van der Waals surface area (Å²) < 4.78 is 14.9. The predicted molar refractivity (Wildman–Crippen MR) is 121 cm³/mol. The van der Waals surface area contributed by atoms with Crippen molar-refractivity contribution < 1.29 is 19.1 Å². The van der Waals surface area contributed by atoms with E-state index in [-0.39, 0.29) is 12.0 Å². The molecule has 2 heterocycles. The minimum atomic E-state index is -0.544. The summed E-state index contributed by atoms with van der Waals surface area (Å²) in [7, 11) is 0. The van der Waals surface area contributed by atoms with Gasteiger partial charge in [0.05, 0.1) is 36.0 Å². The van der Waals surface area contributed by atoms with Crippen molar-refractivity contribution in [3.63, 3.8) is 0 Å². The second kappa shape index (κ2) is 10.4. The van der Waals surface area contributed by atoms with Crippen LogP contribution in [0.25, 0.3) is 11.0 Å². The molecule has 172 valence electrons. The number of carbonyl (C=O) groups excluding carboxylic acids is 2. The third kappa shape index (κ3) is 5.14. The normalized spacial score (nSPS) is 12.2. The Hall–Kier alpha value is -3.24. The van der Waals surface area contributed by atoms with Gasteiger partial charge in [-0.1, -0.05) is 0 Å². The number of nitrogens with zero attached hydrogens (tertiary/aromatic N) is 4. The molecule has 0 saturated heterocycles. The minimum absolute atomic E-state index is 0.243.